The predicted molar refractivity (Wildman–Crippen MR) is 93.9 cm³/mol. The van der Waals surface area contributed by atoms with Gasteiger partial charge in [-0.15, -0.1) is 0 Å². The number of carbonyl (C=O) groups excluding carboxylic acids is 3. The van der Waals surface area contributed by atoms with Crippen LogP contribution in [0.15, 0.2) is 18.2 Å². The highest BCUT2D eigenvalue weighted by Gasteiger charge is 2.38. The lowest BCUT2D eigenvalue weighted by atomic mass is 10.0. The highest BCUT2D eigenvalue weighted by atomic mass is 16.5. The van der Waals surface area contributed by atoms with Crippen LogP contribution in [0.25, 0.3) is 0 Å². The Kier molecular flexibility index (Phi) is 5.85. The third kappa shape index (κ3) is 4.51. The van der Waals surface area contributed by atoms with Crippen molar-refractivity contribution in [3.05, 3.63) is 34.9 Å². The summed E-state index contributed by atoms with van der Waals surface area (Å²) >= 11 is 0. The molecule has 2 N–H and O–H groups in total. The molecule has 2 aliphatic heterocycles. The number of carboxylic acid groups (broad SMARTS) is 1. The lowest BCUT2D eigenvalue weighted by Gasteiger charge is -2.29. The molecule has 2 aliphatic rings. The molecule has 3 rings (SSSR count). The molecule has 1 aromatic rings. The summed E-state index contributed by atoms with van der Waals surface area (Å²) in [5, 5.41) is 10.8. The fourth-order valence-electron chi connectivity index (χ4n) is 3.40. The summed E-state index contributed by atoms with van der Waals surface area (Å²) in [6.07, 6.45) is 2.02. The number of carbonyl (C=O) groups is 4. The van der Waals surface area contributed by atoms with E-state index in [4.69, 9.17) is 9.84 Å². The summed E-state index contributed by atoms with van der Waals surface area (Å²) in [7, 11) is 0. The smallest absolute Gasteiger partial charge is 0.305 e. The fraction of sp³-hybridized carbons (Fsp3) is 0.474. The van der Waals surface area contributed by atoms with Crippen LogP contribution in [-0.2, 0) is 32.1 Å². The number of nitrogens with one attached hydrogen (secondary N) is 1. The van der Waals surface area contributed by atoms with Crippen molar-refractivity contribution in [3.8, 4) is 0 Å². The number of aliphatic carboxylic acids is 1. The second kappa shape index (κ2) is 8.30. The Labute approximate surface area is 156 Å². The van der Waals surface area contributed by atoms with Crippen molar-refractivity contribution in [1.29, 1.82) is 0 Å². The number of aryl methyl sites for hydroxylation is 1. The van der Waals surface area contributed by atoms with Crippen LogP contribution in [0.1, 0.15) is 47.2 Å². The number of benzene rings is 1. The van der Waals surface area contributed by atoms with Crippen LogP contribution in [0.2, 0.25) is 0 Å². The molecule has 3 amide bonds. The van der Waals surface area contributed by atoms with Gasteiger partial charge >= 0.3 is 5.97 Å². The molecule has 1 fully saturated rings. The fourth-order valence-corrected chi connectivity index (χ4v) is 3.40. The largest absolute Gasteiger partial charge is 0.481 e. The number of carboxylic acids is 1. The molecule has 0 aromatic heterocycles. The maximum atomic E-state index is 12.7. The van der Waals surface area contributed by atoms with Crippen LogP contribution in [0.3, 0.4) is 0 Å². The quantitative estimate of drug-likeness (QED) is 0.516. The Morgan fingerprint density at radius 1 is 1.26 bits per heavy atom. The summed E-state index contributed by atoms with van der Waals surface area (Å²) in [6, 6.07) is 5.10. The zero-order valence-electron chi connectivity index (χ0n) is 14.9. The van der Waals surface area contributed by atoms with Crippen LogP contribution in [0.5, 0.6) is 0 Å². The normalized spacial score (nSPS) is 19.2. The predicted octanol–water partition coefficient (Wildman–Crippen LogP) is 0.872. The number of imide groups is 1. The number of hydrogen-bond donors (Lipinski definition) is 2. The molecule has 0 radical (unpaired) electrons. The van der Waals surface area contributed by atoms with E-state index in [1.807, 2.05) is 18.2 Å². The van der Waals surface area contributed by atoms with Crippen molar-refractivity contribution in [3.63, 3.8) is 0 Å². The Morgan fingerprint density at radius 3 is 2.81 bits per heavy atom. The molecule has 0 saturated carbocycles. The first-order chi connectivity index (χ1) is 13.0. The topological polar surface area (TPSA) is 113 Å². The first kappa shape index (κ1) is 19.0. The van der Waals surface area contributed by atoms with Crippen molar-refractivity contribution in [2.75, 3.05) is 13.2 Å². The number of piperidine rings is 1. The van der Waals surface area contributed by atoms with Crippen molar-refractivity contribution in [1.82, 2.24) is 10.2 Å². The Balaban J connectivity index is 1.55. The van der Waals surface area contributed by atoms with Gasteiger partial charge < -0.3 is 14.7 Å². The van der Waals surface area contributed by atoms with E-state index in [1.165, 1.54) is 4.90 Å². The van der Waals surface area contributed by atoms with E-state index in [1.54, 1.807) is 0 Å². The van der Waals surface area contributed by atoms with Gasteiger partial charge in [-0.05, 0) is 36.5 Å². The van der Waals surface area contributed by atoms with Crippen LogP contribution in [0.4, 0.5) is 0 Å². The molecule has 1 atom stereocenters. The molecule has 0 spiro atoms. The van der Waals surface area contributed by atoms with Crippen molar-refractivity contribution >= 4 is 23.7 Å². The maximum absolute atomic E-state index is 12.7. The molecule has 8 heteroatoms. The molecule has 0 aliphatic carbocycles. The van der Waals surface area contributed by atoms with Gasteiger partial charge in [-0.1, -0.05) is 12.1 Å². The molecule has 2 heterocycles. The van der Waals surface area contributed by atoms with Gasteiger partial charge in [0.05, 0.1) is 13.0 Å². The lowest BCUT2D eigenvalue weighted by molar-refractivity contribution is -0.139. The molecule has 144 valence electrons. The average molecular weight is 374 g/mol. The minimum atomic E-state index is -0.882. The van der Waals surface area contributed by atoms with Gasteiger partial charge in [0, 0.05) is 25.1 Å². The van der Waals surface area contributed by atoms with Crippen LogP contribution < -0.4 is 5.32 Å². The zero-order valence-corrected chi connectivity index (χ0v) is 14.9. The van der Waals surface area contributed by atoms with E-state index >= 15 is 0 Å². The maximum Gasteiger partial charge on any atom is 0.305 e. The average Bonchev–Trinajstić information content (AvgIpc) is 2.94. The first-order valence-corrected chi connectivity index (χ1v) is 9.01. The van der Waals surface area contributed by atoms with Gasteiger partial charge in [0.1, 0.15) is 6.04 Å². The van der Waals surface area contributed by atoms with Crippen molar-refractivity contribution < 1.29 is 29.0 Å². The second-order valence-electron chi connectivity index (χ2n) is 6.75. The number of ether oxygens (including phenoxy) is 1. The lowest BCUT2D eigenvalue weighted by Crippen LogP contribution is -2.52. The second-order valence-corrected chi connectivity index (χ2v) is 6.75. The van der Waals surface area contributed by atoms with E-state index in [-0.39, 0.29) is 31.3 Å². The summed E-state index contributed by atoms with van der Waals surface area (Å²) in [6.45, 7) is 1.03. The summed E-state index contributed by atoms with van der Waals surface area (Å²) < 4.78 is 5.27. The SMILES string of the molecule is O=C(O)CCOCCCc1ccc2c(c1)C(=O)N(C1CCC(=O)NC1=O)C2. The number of fused-ring (bicyclic) bond motifs is 1. The summed E-state index contributed by atoms with van der Waals surface area (Å²) in [5.74, 6) is -1.77. The summed E-state index contributed by atoms with van der Waals surface area (Å²) in [5.41, 5.74) is 2.48. The Hall–Kier alpha value is -2.74. The van der Waals surface area contributed by atoms with E-state index in [0.717, 1.165) is 17.5 Å². The minimum Gasteiger partial charge on any atom is -0.481 e. The molecular formula is C19H22N2O6. The van der Waals surface area contributed by atoms with Gasteiger partial charge in [0.25, 0.3) is 5.91 Å². The number of hydrogen-bond acceptors (Lipinski definition) is 5. The first-order valence-electron chi connectivity index (χ1n) is 9.01. The van der Waals surface area contributed by atoms with Gasteiger partial charge in [-0.25, -0.2) is 0 Å². The van der Waals surface area contributed by atoms with E-state index in [2.05, 4.69) is 5.32 Å². The van der Waals surface area contributed by atoms with Crippen LogP contribution >= 0.6 is 0 Å². The van der Waals surface area contributed by atoms with Crippen molar-refractivity contribution in [2.45, 2.75) is 44.7 Å². The molecule has 1 aromatic carbocycles. The molecule has 1 saturated heterocycles. The van der Waals surface area contributed by atoms with Gasteiger partial charge in [-0.3, -0.25) is 24.5 Å². The van der Waals surface area contributed by atoms with E-state index in [9.17, 15) is 19.2 Å². The van der Waals surface area contributed by atoms with E-state index in [0.29, 0.717) is 31.6 Å². The highest BCUT2D eigenvalue weighted by Crippen LogP contribution is 2.28. The van der Waals surface area contributed by atoms with E-state index < -0.39 is 17.9 Å². The molecule has 0 bridgehead atoms. The Bertz CT molecular complexity index is 775. The molecular weight excluding hydrogens is 352 g/mol. The molecule has 8 nitrogen and oxygen atoms in total. The number of rotatable bonds is 8. The van der Waals surface area contributed by atoms with Gasteiger partial charge in [0.15, 0.2) is 0 Å². The standard InChI is InChI=1S/C19H22N2O6/c22-16-6-5-15(18(25)20-16)21-11-13-4-3-12(10-14(13)19(21)26)2-1-8-27-9-7-17(23)24/h3-4,10,15H,1-2,5-9,11H2,(H,23,24)(H,20,22,25). The number of amides is 3. The minimum absolute atomic E-state index is 0.0104. The highest BCUT2D eigenvalue weighted by molar-refractivity contribution is 6.05. The third-order valence-corrected chi connectivity index (χ3v) is 4.81. The molecule has 27 heavy (non-hydrogen) atoms. The van der Waals surface area contributed by atoms with Gasteiger partial charge in [-0.2, -0.15) is 0 Å². The molecule has 1 unspecified atom stereocenters. The monoisotopic (exact) mass is 374 g/mol. The number of nitrogens with zero attached hydrogens (tertiary/aromatic N) is 1. The van der Waals surface area contributed by atoms with Crippen LogP contribution in [-0.4, -0.2) is 53.0 Å². The Morgan fingerprint density at radius 2 is 2.07 bits per heavy atom. The zero-order chi connectivity index (χ0) is 19.4. The third-order valence-electron chi connectivity index (χ3n) is 4.81. The van der Waals surface area contributed by atoms with Crippen molar-refractivity contribution in [2.24, 2.45) is 0 Å². The van der Waals surface area contributed by atoms with Crippen LogP contribution in [0, 0.1) is 0 Å². The van der Waals surface area contributed by atoms with Gasteiger partial charge in [0.2, 0.25) is 11.8 Å². The summed E-state index contributed by atoms with van der Waals surface area (Å²) in [4.78, 5) is 48.0.